The second-order valence-electron chi connectivity index (χ2n) is 10.9. The maximum absolute atomic E-state index is 12.4. The van der Waals surface area contributed by atoms with Crippen LogP contribution in [-0.2, 0) is 7.05 Å². The van der Waals surface area contributed by atoms with Crippen LogP contribution in [0.2, 0.25) is 0 Å². The zero-order valence-corrected chi connectivity index (χ0v) is 21.5. The molecule has 0 aromatic carbocycles. The van der Waals surface area contributed by atoms with Gasteiger partial charge in [0.2, 0.25) is 0 Å². The number of aliphatic hydroxyl groups is 1. The lowest BCUT2D eigenvalue weighted by Gasteiger charge is -2.50. The number of rotatable bonds is 4. The van der Waals surface area contributed by atoms with E-state index in [1.165, 1.54) is 36.3 Å². The number of nitrogens with zero attached hydrogens (tertiary/aromatic N) is 3. The first-order valence-electron chi connectivity index (χ1n) is 12.2. The molecule has 1 aliphatic carbocycles. The summed E-state index contributed by atoms with van der Waals surface area (Å²) in [5.74, 6) is 0.856. The van der Waals surface area contributed by atoms with E-state index in [2.05, 4.69) is 23.7 Å². The van der Waals surface area contributed by atoms with Crippen molar-refractivity contribution >= 4 is 21.7 Å². The van der Waals surface area contributed by atoms with Crippen LogP contribution in [-0.4, -0.2) is 49.3 Å². The summed E-state index contributed by atoms with van der Waals surface area (Å²) in [5.41, 5.74) is 5.98. The largest absolute Gasteiger partial charge is 0.388 e. The highest BCUT2D eigenvalue weighted by molar-refractivity contribution is 7.18. The van der Waals surface area contributed by atoms with Crippen LogP contribution in [0.3, 0.4) is 0 Å². The SMILES string of the molecule is Cc1c(-c2[nH]c3sc(C4CCC(N5CC(C)(O)C5)CC4)nc3c2C(C)C)cn(C)c(=O)c1C. The highest BCUT2D eigenvalue weighted by atomic mass is 32.1. The Kier molecular flexibility index (Phi) is 5.58. The van der Waals surface area contributed by atoms with E-state index in [4.69, 9.17) is 4.98 Å². The number of fused-ring (bicyclic) bond motifs is 1. The number of thiazole rings is 1. The van der Waals surface area contributed by atoms with Gasteiger partial charge in [0.15, 0.2) is 0 Å². The molecule has 0 spiro atoms. The molecule has 0 bridgehead atoms. The molecule has 33 heavy (non-hydrogen) atoms. The first-order chi connectivity index (χ1) is 15.6. The van der Waals surface area contributed by atoms with Crippen molar-refractivity contribution in [3.05, 3.63) is 38.2 Å². The molecule has 1 aliphatic heterocycles. The Morgan fingerprint density at radius 3 is 2.45 bits per heavy atom. The number of aryl methyl sites for hydroxylation is 1. The molecule has 1 saturated heterocycles. The van der Waals surface area contributed by atoms with Crippen LogP contribution in [0.15, 0.2) is 11.0 Å². The Hall–Kier alpha value is -1.96. The average molecular weight is 469 g/mol. The van der Waals surface area contributed by atoms with Crippen molar-refractivity contribution < 1.29 is 5.11 Å². The summed E-state index contributed by atoms with van der Waals surface area (Å²) in [6.07, 6.45) is 6.67. The third kappa shape index (κ3) is 3.88. The van der Waals surface area contributed by atoms with Gasteiger partial charge in [0.25, 0.3) is 5.56 Å². The third-order valence-electron chi connectivity index (χ3n) is 7.83. The maximum atomic E-state index is 12.4. The van der Waals surface area contributed by atoms with Crippen molar-refractivity contribution in [2.45, 2.75) is 83.8 Å². The van der Waals surface area contributed by atoms with Gasteiger partial charge in [-0.2, -0.15) is 0 Å². The predicted molar refractivity (Wildman–Crippen MR) is 135 cm³/mol. The molecule has 3 aromatic heterocycles. The smallest absolute Gasteiger partial charge is 0.253 e. The van der Waals surface area contributed by atoms with Crippen LogP contribution in [0.25, 0.3) is 21.6 Å². The summed E-state index contributed by atoms with van der Waals surface area (Å²) in [5, 5.41) is 11.3. The molecule has 4 heterocycles. The van der Waals surface area contributed by atoms with Gasteiger partial charge < -0.3 is 14.7 Å². The van der Waals surface area contributed by atoms with E-state index in [9.17, 15) is 9.90 Å². The fourth-order valence-corrected chi connectivity index (χ4v) is 7.01. The second-order valence-corrected chi connectivity index (χ2v) is 11.9. The first kappa shape index (κ1) is 22.8. The summed E-state index contributed by atoms with van der Waals surface area (Å²) in [6.45, 7) is 12.0. The molecule has 3 aromatic rings. The fraction of sp³-hybridized carbons (Fsp3) is 0.615. The highest BCUT2D eigenvalue weighted by Gasteiger charge is 2.41. The standard InChI is InChI=1S/C26H36N4O2S/c1-14(2)20-21(19-11-29(6)25(31)16(4)15(19)3)27-24-22(20)28-23(33-24)17-7-9-18(10-8-17)30-12-26(5,32)13-30/h11,14,17-18,27,32H,7-10,12-13H2,1-6H3. The zero-order chi connectivity index (χ0) is 23.7. The fourth-order valence-electron chi connectivity index (χ4n) is 5.86. The lowest BCUT2D eigenvalue weighted by molar-refractivity contribution is -0.107. The Morgan fingerprint density at radius 2 is 1.85 bits per heavy atom. The van der Waals surface area contributed by atoms with E-state index < -0.39 is 5.60 Å². The van der Waals surface area contributed by atoms with Crippen LogP contribution < -0.4 is 5.56 Å². The lowest BCUT2D eigenvalue weighted by Crippen LogP contribution is -2.63. The van der Waals surface area contributed by atoms with E-state index in [0.717, 1.165) is 45.8 Å². The number of pyridine rings is 1. The Balaban J connectivity index is 1.43. The molecule has 0 atom stereocenters. The zero-order valence-electron chi connectivity index (χ0n) is 20.7. The van der Waals surface area contributed by atoms with Gasteiger partial charge in [-0.25, -0.2) is 4.98 Å². The van der Waals surface area contributed by atoms with Gasteiger partial charge in [-0.1, -0.05) is 13.8 Å². The molecule has 0 amide bonds. The summed E-state index contributed by atoms with van der Waals surface area (Å²) >= 11 is 1.81. The molecule has 0 radical (unpaired) electrons. The van der Waals surface area contributed by atoms with Gasteiger partial charge in [0.05, 0.1) is 16.3 Å². The quantitative estimate of drug-likeness (QED) is 0.576. The van der Waals surface area contributed by atoms with E-state index in [1.54, 1.807) is 4.57 Å². The van der Waals surface area contributed by atoms with Crippen LogP contribution in [0, 0.1) is 13.8 Å². The minimum atomic E-state index is -0.488. The topological polar surface area (TPSA) is 74.2 Å². The predicted octanol–water partition coefficient (Wildman–Crippen LogP) is 4.82. The van der Waals surface area contributed by atoms with Crippen LogP contribution in [0.1, 0.15) is 80.0 Å². The van der Waals surface area contributed by atoms with E-state index in [-0.39, 0.29) is 5.56 Å². The molecule has 2 aliphatic rings. The van der Waals surface area contributed by atoms with Crippen LogP contribution >= 0.6 is 11.3 Å². The van der Waals surface area contributed by atoms with Crippen molar-refractivity contribution in [1.29, 1.82) is 0 Å². The molecular weight excluding hydrogens is 432 g/mol. The Morgan fingerprint density at radius 1 is 1.18 bits per heavy atom. The molecule has 5 rings (SSSR count). The second kappa shape index (κ2) is 8.07. The minimum Gasteiger partial charge on any atom is -0.388 e. The molecule has 2 N–H and O–H groups in total. The highest BCUT2D eigenvalue weighted by Crippen LogP contribution is 2.43. The molecule has 2 fully saturated rings. The van der Waals surface area contributed by atoms with Crippen molar-refractivity contribution in [1.82, 2.24) is 19.4 Å². The average Bonchev–Trinajstić information content (AvgIpc) is 3.31. The van der Waals surface area contributed by atoms with E-state index in [0.29, 0.717) is 17.9 Å². The van der Waals surface area contributed by atoms with Gasteiger partial charge in [-0.05, 0) is 57.9 Å². The number of β-amino-alcohol motifs (C(OH)–C–C–N with tert-alkyl or cyclic N) is 1. The maximum Gasteiger partial charge on any atom is 0.253 e. The molecular formula is C26H36N4O2S. The Labute approximate surface area is 199 Å². The summed E-state index contributed by atoms with van der Waals surface area (Å²) < 4.78 is 1.69. The normalized spacial score (nSPS) is 23.4. The van der Waals surface area contributed by atoms with Crippen molar-refractivity contribution in [3.8, 4) is 11.3 Å². The minimum absolute atomic E-state index is 0.0635. The van der Waals surface area contributed by atoms with Crippen molar-refractivity contribution in [3.63, 3.8) is 0 Å². The van der Waals surface area contributed by atoms with Crippen molar-refractivity contribution in [2.75, 3.05) is 13.1 Å². The van der Waals surface area contributed by atoms with E-state index >= 15 is 0 Å². The van der Waals surface area contributed by atoms with Crippen molar-refractivity contribution in [2.24, 2.45) is 7.05 Å². The van der Waals surface area contributed by atoms with Gasteiger partial charge in [0, 0.05) is 55.0 Å². The van der Waals surface area contributed by atoms with Gasteiger partial charge in [-0.15, -0.1) is 11.3 Å². The van der Waals surface area contributed by atoms with E-state index in [1.807, 2.05) is 45.4 Å². The van der Waals surface area contributed by atoms with Crippen LogP contribution in [0.5, 0.6) is 0 Å². The first-order valence-corrected chi connectivity index (χ1v) is 13.0. The lowest BCUT2D eigenvalue weighted by atomic mass is 9.82. The Bertz CT molecular complexity index is 1250. The number of aromatic nitrogens is 3. The number of hydrogen-bond donors (Lipinski definition) is 2. The summed E-state index contributed by atoms with van der Waals surface area (Å²) in [7, 11) is 1.83. The van der Waals surface area contributed by atoms with Gasteiger partial charge >= 0.3 is 0 Å². The molecule has 0 unspecified atom stereocenters. The van der Waals surface area contributed by atoms with Gasteiger partial charge in [-0.3, -0.25) is 9.69 Å². The summed E-state index contributed by atoms with van der Waals surface area (Å²) in [6, 6.07) is 0.611. The molecule has 178 valence electrons. The molecule has 1 saturated carbocycles. The number of hydrogen-bond acceptors (Lipinski definition) is 5. The van der Waals surface area contributed by atoms with Crippen LogP contribution in [0.4, 0.5) is 0 Å². The summed E-state index contributed by atoms with van der Waals surface area (Å²) in [4.78, 5) is 24.9. The monoisotopic (exact) mass is 468 g/mol. The number of aromatic amines is 1. The number of nitrogens with one attached hydrogen (secondary N) is 1. The van der Waals surface area contributed by atoms with Gasteiger partial charge in [0.1, 0.15) is 10.3 Å². The number of likely N-dealkylation sites (tertiary alicyclic amines) is 1. The molecule has 7 heteroatoms. The number of H-pyrrole nitrogens is 1. The third-order valence-corrected chi connectivity index (χ3v) is 8.97. The molecule has 6 nitrogen and oxygen atoms in total.